The van der Waals surface area contributed by atoms with Gasteiger partial charge in [-0.2, -0.15) is 0 Å². The molecular weight excluding hydrogens is 164 g/mol. The standard InChI is InChI=1S/C10H16N2O/c1-7(2)10-11-8-6-12(3)5-4-9(8)13-10/h7H,4-6H2,1-3H3. The first-order chi connectivity index (χ1) is 6.16. The van der Waals surface area contributed by atoms with Gasteiger partial charge in [-0.3, -0.25) is 4.90 Å². The zero-order chi connectivity index (χ0) is 9.42. The van der Waals surface area contributed by atoms with Gasteiger partial charge in [-0.15, -0.1) is 0 Å². The molecule has 0 radical (unpaired) electrons. The number of fused-ring (bicyclic) bond motifs is 1. The van der Waals surface area contributed by atoms with Crippen molar-refractivity contribution in [3.8, 4) is 0 Å². The van der Waals surface area contributed by atoms with E-state index < -0.39 is 0 Å². The smallest absolute Gasteiger partial charge is 0.197 e. The number of hydrogen-bond donors (Lipinski definition) is 0. The van der Waals surface area contributed by atoms with Crippen molar-refractivity contribution in [3.05, 3.63) is 17.3 Å². The molecule has 1 aliphatic heterocycles. The number of aromatic nitrogens is 1. The minimum Gasteiger partial charge on any atom is -0.445 e. The Labute approximate surface area is 78.8 Å². The Hall–Kier alpha value is -0.830. The fraction of sp³-hybridized carbons (Fsp3) is 0.700. The van der Waals surface area contributed by atoms with E-state index >= 15 is 0 Å². The molecule has 0 N–H and O–H groups in total. The van der Waals surface area contributed by atoms with Crippen LogP contribution in [-0.4, -0.2) is 23.5 Å². The van der Waals surface area contributed by atoms with Gasteiger partial charge in [0.25, 0.3) is 0 Å². The molecule has 0 bridgehead atoms. The molecule has 1 aromatic heterocycles. The highest BCUT2D eigenvalue weighted by atomic mass is 16.4. The lowest BCUT2D eigenvalue weighted by Gasteiger charge is -2.19. The first kappa shape index (κ1) is 8.75. The van der Waals surface area contributed by atoms with Crippen molar-refractivity contribution in [3.63, 3.8) is 0 Å². The zero-order valence-electron chi connectivity index (χ0n) is 8.50. The van der Waals surface area contributed by atoms with Crippen LogP contribution in [0.3, 0.4) is 0 Å². The van der Waals surface area contributed by atoms with Crippen molar-refractivity contribution in [2.45, 2.75) is 32.7 Å². The van der Waals surface area contributed by atoms with Gasteiger partial charge in [-0.1, -0.05) is 13.8 Å². The van der Waals surface area contributed by atoms with Crippen LogP contribution in [-0.2, 0) is 13.0 Å². The van der Waals surface area contributed by atoms with Crippen molar-refractivity contribution >= 4 is 0 Å². The number of oxazole rings is 1. The molecule has 0 atom stereocenters. The molecule has 0 unspecified atom stereocenters. The number of hydrogen-bond acceptors (Lipinski definition) is 3. The average Bonchev–Trinajstić information content (AvgIpc) is 2.46. The molecule has 0 saturated carbocycles. The van der Waals surface area contributed by atoms with E-state index in [0.29, 0.717) is 5.92 Å². The lowest BCUT2D eigenvalue weighted by molar-refractivity contribution is 0.289. The summed E-state index contributed by atoms with van der Waals surface area (Å²) in [6.07, 6.45) is 1.01. The second kappa shape index (κ2) is 3.14. The van der Waals surface area contributed by atoms with Gasteiger partial charge in [0.05, 0.1) is 5.69 Å². The van der Waals surface area contributed by atoms with Crippen LogP contribution < -0.4 is 0 Å². The van der Waals surface area contributed by atoms with E-state index in [1.807, 2.05) is 0 Å². The second-order valence-electron chi connectivity index (χ2n) is 4.06. The monoisotopic (exact) mass is 180 g/mol. The number of nitrogens with zero attached hydrogens (tertiary/aromatic N) is 2. The van der Waals surface area contributed by atoms with E-state index in [2.05, 4.69) is 30.8 Å². The molecule has 0 saturated heterocycles. The van der Waals surface area contributed by atoms with Crippen molar-refractivity contribution in [2.24, 2.45) is 0 Å². The Morgan fingerprint density at radius 3 is 2.92 bits per heavy atom. The first-order valence-corrected chi connectivity index (χ1v) is 4.84. The Morgan fingerprint density at radius 2 is 2.23 bits per heavy atom. The first-order valence-electron chi connectivity index (χ1n) is 4.84. The van der Waals surface area contributed by atoms with Crippen molar-refractivity contribution in [1.82, 2.24) is 9.88 Å². The van der Waals surface area contributed by atoms with E-state index in [4.69, 9.17) is 4.42 Å². The van der Waals surface area contributed by atoms with Gasteiger partial charge in [-0.25, -0.2) is 4.98 Å². The number of rotatable bonds is 1. The molecule has 0 fully saturated rings. The Kier molecular flexibility index (Phi) is 2.12. The fourth-order valence-corrected chi connectivity index (χ4v) is 1.60. The predicted molar refractivity (Wildman–Crippen MR) is 50.6 cm³/mol. The third-order valence-corrected chi connectivity index (χ3v) is 2.43. The Balaban J connectivity index is 2.28. The molecule has 1 aliphatic rings. The van der Waals surface area contributed by atoms with Gasteiger partial charge in [0.1, 0.15) is 5.76 Å². The van der Waals surface area contributed by atoms with Gasteiger partial charge in [-0.05, 0) is 7.05 Å². The van der Waals surface area contributed by atoms with Crippen molar-refractivity contribution in [1.29, 1.82) is 0 Å². The topological polar surface area (TPSA) is 29.3 Å². The number of likely N-dealkylation sites (N-methyl/N-ethyl adjacent to an activating group) is 1. The molecule has 1 aromatic rings. The molecule has 0 spiro atoms. The third-order valence-electron chi connectivity index (χ3n) is 2.43. The van der Waals surface area contributed by atoms with Crippen LogP contribution >= 0.6 is 0 Å². The van der Waals surface area contributed by atoms with Crippen LogP contribution in [0, 0.1) is 0 Å². The van der Waals surface area contributed by atoms with Crippen LogP contribution in [0.25, 0.3) is 0 Å². The molecule has 2 heterocycles. The fourth-order valence-electron chi connectivity index (χ4n) is 1.60. The van der Waals surface area contributed by atoms with E-state index in [0.717, 1.165) is 36.9 Å². The lowest BCUT2D eigenvalue weighted by atomic mass is 10.2. The highest BCUT2D eigenvalue weighted by molar-refractivity contribution is 5.14. The van der Waals surface area contributed by atoms with Crippen LogP contribution in [0.5, 0.6) is 0 Å². The minimum absolute atomic E-state index is 0.399. The Morgan fingerprint density at radius 1 is 1.46 bits per heavy atom. The molecule has 0 aromatic carbocycles. The minimum atomic E-state index is 0.399. The molecule has 0 aliphatic carbocycles. The van der Waals surface area contributed by atoms with Crippen LogP contribution in [0.4, 0.5) is 0 Å². The van der Waals surface area contributed by atoms with Crippen LogP contribution in [0.15, 0.2) is 4.42 Å². The van der Waals surface area contributed by atoms with E-state index in [1.54, 1.807) is 0 Å². The third kappa shape index (κ3) is 1.61. The molecule has 2 rings (SSSR count). The van der Waals surface area contributed by atoms with Crippen molar-refractivity contribution < 1.29 is 4.42 Å². The quantitative estimate of drug-likeness (QED) is 0.659. The highest BCUT2D eigenvalue weighted by Gasteiger charge is 2.20. The molecule has 0 amide bonds. The van der Waals surface area contributed by atoms with E-state index in [1.165, 1.54) is 0 Å². The van der Waals surface area contributed by atoms with Gasteiger partial charge in [0.15, 0.2) is 5.89 Å². The Bertz CT molecular complexity index is 304. The summed E-state index contributed by atoms with van der Waals surface area (Å²) in [6.45, 7) is 6.24. The normalized spacial score (nSPS) is 17.8. The maximum atomic E-state index is 5.68. The summed E-state index contributed by atoms with van der Waals surface area (Å²) in [6, 6.07) is 0. The maximum Gasteiger partial charge on any atom is 0.197 e. The molecule has 3 nitrogen and oxygen atoms in total. The summed E-state index contributed by atoms with van der Waals surface area (Å²) in [5.41, 5.74) is 1.14. The van der Waals surface area contributed by atoms with Crippen molar-refractivity contribution in [2.75, 3.05) is 13.6 Å². The summed E-state index contributed by atoms with van der Waals surface area (Å²) in [7, 11) is 2.12. The highest BCUT2D eigenvalue weighted by Crippen LogP contribution is 2.22. The van der Waals surface area contributed by atoms with E-state index in [-0.39, 0.29) is 0 Å². The SMILES string of the molecule is CC(C)c1nc2c(o1)CCN(C)C2. The van der Waals surface area contributed by atoms with Gasteiger partial charge in [0, 0.05) is 25.4 Å². The molecular formula is C10H16N2O. The molecule has 3 heteroatoms. The van der Waals surface area contributed by atoms with Crippen LogP contribution in [0.2, 0.25) is 0 Å². The van der Waals surface area contributed by atoms with Crippen LogP contribution in [0.1, 0.15) is 37.1 Å². The van der Waals surface area contributed by atoms with Gasteiger partial charge < -0.3 is 4.42 Å². The largest absolute Gasteiger partial charge is 0.445 e. The predicted octanol–water partition coefficient (Wildman–Crippen LogP) is 1.79. The molecule has 13 heavy (non-hydrogen) atoms. The van der Waals surface area contributed by atoms with Gasteiger partial charge in [0.2, 0.25) is 0 Å². The maximum absolute atomic E-state index is 5.68. The summed E-state index contributed by atoms with van der Waals surface area (Å²) < 4.78 is 5.68. The van der Waals surface area contributed by atoms with E-state index in [9.17, 15) is 0 Å². The molecule has 72 valence electrons. The summed E-state index contributed by atoms with van der Waals surface area (Å²) in [4.78, 5) is 6.77. The summed E-state index contributed by atoms with van der Waals surface area (Å²) in [5.74, 6) is 2.39. The van der Waals surface area contributed by atoms with Gasteiger partial charge >= 0.3 is 0 Å². The lowest BCUT2D eigenvalue weighted by Crippen LogP contribution is -2.25. The second-order valence-corrected chi connectivity index (χ2v) is 4.06. The summed E-state index contributed by atoms with van der Waals surface area (Å²) >= 11 is 0. The average molecular weight is 180 g/mol. The zero-order valence-corrected chi connectivity index (χ0v) is 8.50. The summed E-state index contributed by atoms with van der Waals surface area (Å²) in [5, 5.41) is 0.